The molecule has 0 aliphatic rings. The van der Waals surface area contributed by atoms with Gasteiger partial charge in [0.2, 0.25) is 0 Å². The first-order chi connectivity index (χ1) is 10.0. The minimum atomic E-state index is 0.399. The Labute approximate surface area is 143 Å². The van der Waals surface area contributed by atoms with Gasteiger partial charge in [-0.3, -0.25) is 4.68 Å². The molecule has 0 radical (unpaired) electrons. The van der Waals surface area contributed by atoms with E-state index in [0.717, 1.165) is 34.0 Å². The van der Waals surface area contributed by atoms with Crippen molar-refractivity contribution < 1.29 is 0 Å². The molecule has 0 saturated carbocycles. The standard InChI is InChI=1S/C16H21Br2N3/c1-4-19-14(9-12-6-5-7-13(17)8-12)10-15-16(18)11(2)20-21(15)3/h5-8,14,19H,4,9-10H2,1-3H3. The monoisotopic (exact) mass is 413 g/mol. The zero-order chi connectivity index (χ0) is 15.4. The molecule has 114 valence electrons. The quantitative estimate of drug-likeness (QED) is 0.773. The van der Waals surface area contributed by atoms with Crippen molar-refractivity contribution >= 4 is 31.9 Å². The lowest BCUT2D eigenvalue weighted by molar-refractivity contribution is 0.503. The van der Waals surface area contributed by atoms with Gasteiger partial charge in [0.25, 0.3) is 0 Å². The average molecular weight is 415 g/mol. The maximum absolute atomic E-state index is 4.48. The molecule has 0 bridgehead atoms. The van der Waals surface area contributed by atoms with Crippen molar-refractivity contribution in [1.82, 2.24) is 15.1 Å². The number of nitrogens with zero attached hydrogens (tertiary/aromatic N) is 2. The van der Waals surface area contributed by atoms with E-state index in [1.807, 2.05) is 18.7 Å². The minimum Gasteiger partial charge on any atom is -0.314 e. The van der Waals surface area contributed by atoms with Crippen molar-refractivity contribution in [1.29, 1.82) is 0 Å². The number of hydrogen-bond acceptors (Lipinski definition) is 2. The zero-order valence-corrected chi connectivity index (χ0v) is 15.8. The van der Waals surface area contributed by atoms with Gasteiger partial charge in [-0.25, -0.2) is 0 Å². The fourth-order valence-electron chi connectivity index (χ4n) is 2.59. The summed E-state index contributed by atoms with van der Waals surface area (Å²) in [6, 6.07) is 8.92. The normalized spacial score (nSPS) is 12.6. The van der Waals surface area contributed by atoms with Gasteiger partial charge in [-0.15, -0.1) is 0 Å². The lowest BCUT2D eigenvalue weighted by Gasteiger charge is -2.18. The summed E-state index contributed by atoms with van der Waals surface area (Å²) >= 11 is 7.20. The Hall–Kier alpha value is -0.650. The number of rotatable bonds is 6. The van der Waals surface area contributed by atoms with Gasteiger partial charge in [-0.05, 0) is 53.5 Å². The molecule has 21 heavy (non-hydrogen) atoms. The number of nitrogens with one attached hydrogen (secondary N) is 1. The number of aryl methyl sites for hydroxylation is 2. The van der Waals surface area contributed by atoms with Crippen LogP contribution >= 0.6 is 31.9 Å². The Kier molecular flexibility index (Phi) is 6.02. The molecule has 0 saturated heterocycles. The van der Waals surface area contributed by atoms with E-state index in [9.17, 15) is 0 Å². The van der Waals surface area contributed by atoms with Crippen LogP contribution in [0.2, 0.25) is 0 Å². The van der Waals surface area contributed by atoms with Gasteiger partial charge < -0.3 is 5.32 Å². The van der Waals surface area contributed by atoms with Crippen LogP contribution in [-0.2, 0) is 19.9 Å². The van der Waals surface area contributed by atoms with Crippen LogP contribution in [-0.4, -0.2) is 22.4 Å². The van der Waals surface area contributed by atoms with E-state index >= 15 is 0 Å². The summed E-state index contributed by atoms with van der Waals surface area (Å²) in [6.45, 7) is 5.15. The Morgan fingerprint density at radius 1 is 1.29 bits per heavy atom. The van der Waals surface area contributed by atoms with E-state index in [4.69, 9.17) is 0 Å². The summed E-state index contributed by atoms with van der Waals surface area (Å²) in [4.78, 5) is 0. The largest absolute Gasteiger partial charge is 0.314 e. The molecular weight excluding hydrogens is 394 g/mol. The van der Waals surface area contributed by atoms with Crippen molar-refractivity contribution in [2.45, 2.75) is 32.7 Å². The zero-order valence-electron chi connectivity index (χ0n) is 12.7. The molecule has 0 spiro atoms. The molecule has 3 nitrogen and oxygen atoms in total. The molecule has 0 aliphatic heterocycles. The molecule has 0 aliphatic carbocycles. The van der Waals surface area contributed by atoms with E-state index < -0.39 is 0 Å². The van der Waals surface area contributed by atoms with Crippen LogP contribution in [0.25, 0.3) is 0 Å². The second-order valence-electron chi connectivity index (χ2n) is 5.26. The van der Waals surface area contributed by atoms with Crippen molar-refractivity contribution in [3.05, 3.63) is 50.2 Å². The molecule has 1 heterocycles. The highest BCUT2D eigenvalue weighted by Crippen LogP contribution is 2.22. The summed E-state index contributed by atoms with van der Waals surface area (Å²) in [6.07, 6.45) is 1.96. The first-order valence-electron chi connectivity index (χ1n) is 7.17. The second-order valence-corrected chi connectivity index (χ2v) is 6.97. The summed E-state index contributed by atoms with van der Waals surface area (Å²) in [7, 11) is 2.01. The molecule has 1 aromatic heterocycles. The molecule has 0 fully saturated rings. The third-order valence-corrected chi connectivity index (χ3v) is 5.09. The van der Waals surface area contributed by atoms with Gasteiger partial charge in [0.05, 0.1) is 15.9 Å². The molecule has 0 amide bonds. The highest BCUT2D eigenvalue weighted by Gasteiger charge is 2.16. The maximum Gasteiger partial charge on any atom is 0.0738 e. The van der Waals surface area contributed by atoms with Crippen LogP contribution in [0, 0.1) is 6.92 Å². The maximum atomic E-state index is 4.48. The van der Waals surface area contributed by atoms with Crippen molar-refractivity contribution in [3.63, 3.8) is 0 Å². The van der Waals surface area contributed by atoms with Gasteiger partial charge in [0.1, 0.15) is 0 Å². The first-order valence-corrected chi connectivity index (χ1v) is 8.75. The van der Waals surface area contributed by atoms with Gasteiger partial charge in [-0.1, -0.05) is 35.0 Å². The Morgan fingerprint density at radius 2 is 2.05 bits per heavy atom. The topological polar surface area (TPSA) is 29.9 Å². The van der Waals surface area contributed by atoms with Gasteiger partial charge in [0, 0.05) is 24.0 Å². The highest BCUT2D eigenvalue weighted by atomic mass is 79.9. The van der Waals surface area contributed by atoms with Crippen LogP contribution in [0.4, 0.5) is 0 Å². The molecule has 1 atom stereocenters. The predicted molar refractivity (Wildman–Crippen MR) is 94.7 cm³/mol. The van der Waals surface area contributed by atoms with E-state index in [2.05, 4.69) is 73.5 Å². The minimum absolute atomic E-state index is 0.399. The van der Waals surface area contributed by atoms with Crippen molar-refractivity contribution in [3.8, 4) is 0 Å². The van der Waals surface area contributed by atoms with Gasteiger partial charge in [0.15, 0.2) is 0 Å². The highest BCUT2D eigenvalue weighted by molar-refractivity contribution is 9.10. The first kappa shape index (κ1) is 16.7. The third kappa shape index (κ3) is 4.41. The predicted octanol–water partition coefficient (Wildman–Crippen LogP) is 4.02. The van der Waals surface area contributed by atoms with E-state index in [-0.39, 0.29) is 0 Å². The fraction of sp³-hybridized carbons (Fsp3) is 0.438. The smallest absolute Gasteiger partial charge is 0.0738 e. The summed E-state index contributed by atoms with van der Waals surface area (Å²) in [5.74, 6) is 0. The average Bonchev–Trinajstić information content (AvgIpc) is 2.66. The lowest BCUT2D eigenvalue weighted by atomic mass is 10.0. The summed E-state index contributed by atoms with van der Waals surface area (Å²) in [5, 5.41) is 8.06. The van der Waals surface area contributed by atoms with Crippen LogP contribution < -0.4 is 5.32 Å². The second kappa shape index (κ2) is 7.56. The molecule has 1 aromatic carbocycles. The van der Waals surface area contributed by atoms with E-state index in [1.165, 1.54) is 11.3 Å². The summed E-state index contributed by atoms with van der Waals surface area (Å²) in [5.41, 5.74) is 3.63. The van der Waals surface area contributed by atoms with Gasteiger partial charge >= 0.3 is 0 Å². The van der Waals surface area contributed by atoms with Crippen LogP contribution in [0.15, 0.2) is 33.2 Å². The van der Waals surface area contributed by atoms with Gasteiger partial charge in [-0.2, -0.15) is 5.10 Å². The molecular formula is C16H21Br2N3. The number of benzene rings is 1. The van der Waals surface area contributed by atoms with Crippen molar-refractivity contribution in [2.24, 2.45) is 7.05 Å². The van der Waals surface area contributed by atoms with E-state index in [1.54, 1.807) is 0 Å². The fourth-order valence-corrected chi connectivity index (χ4v) is 3.53. The molecule has 1 unspecified atom stereocenters. The molecule has 2 rings (SSSR count). The molecule has 5 heteroatoms. The third-order valence-electron chi connectivity index (χ3n) is 3.57. The number of likely N-dealkylation sites (N-methyl/N-ethyl adjacent to an activating group) is 1. The molecule has 1 N–H and O–H groups in total. The SMILES string of the molecule is CCNC(Cc1cccc(Br)c1)Cc1c(Br)c(C)nn1C. The Bertz CT molecular complexity index is 608. The van der Waals surface area contributed by atoms with E-state index in [0.29, 0.717) is 6.04 Å². The lowest BCUT2D eigenvalue weighted by Crippen LogP contribution is -2.33. The number of halogens is 2. The Morgan fingerprint density at radius 3 is 2.62 bits per heavy atom. The number of hydrogen-bond donors (Lipinski definition) is 1. The van der Waals surface area contributed by atoms with Crippen LogP contribution in [0.1, 0.15) is 23.9 Å². The van der Waals surface area contributed by atoms with Crippen LogP contribution in [0.3, 0.4) is 0 Å². The van der Waals surface area contributed by atoms with Crippen LogP contribution in [0.5, 0.6) is 0 Å². The molecule has 2 aromatic rings. The van der Waals surface area contributed by atoms with Crippen molar-refractivity contribution in [2.75, 3.05) is 6.54 Å². The number of aromatic nitrogens is 2. The summed E-state index contributed by atoms with van der Waals surface area (Å²) < 4.78 is 4.24. The Balaban J connectivity index is 2.15.